The van der Waals surface area contributed by atoms with Gasteiger partial charge in [-0.2, -0.15) is 0 Å². The van der Waals surface area contributed by atoms with Crippen LogP contribution >= 0.6 is 23.1 Å². The third kappa shape index (κ3) is 3.55. The zero-order valence-corrected chi connectivity index (χ0v) is 10.7. The molecule has 0 bridgehead atoms. The first-order valence-corrected chi connectivity index (χ1v) is 7.75. The molecule has 1 rings (SSSR count). The van der Waals surface area contributed by atoms with E-state index in [1.54, 1.807) is 11.8 Å². The van der Waals surface area contributed by atoms with E-state index in [9.17, 15) is 8.42 Å². The molecular formula is C7H12N2O2S3. The summed E-state index contributed by atoms with van der Waals surface area (Å²) in [7, 11) is -3.19. The lowest BCUT2D eigenvalue weighted by Gasteiger charge is -1.98. The van der Waals surface area contributed by atoms with Gasteiger partial charge in [0, 0.05) is 12.0 Å². The number of sulfone groups is 1. The molecule has 0 saturated heterocycles. The second-order valence-corrected chi connectivity index (χ2v) is 7.74. The van der Waals surface area contributed by atoms with E-state index in [2.05, 4.69) is 24.0 Å². The average Bonchev–Trinajstić information content (AvgIpc) is 2.47. The van der Waals surface area contributed by atoms with Crippen molar-refractivity contribution >= 4 is 32.9 Å². The van der Waals surface area contributed by atoms with Gasteiger partial charge in [-0.25, -0.2) is 8.42 Å². The molecule has 0 spiro atoms. The lowest BCUT2D eigenvalue weighted by molar-refractivity contribution is 0.599. The molecule has 14 heavy (non-hydrogen) atoms. The van der Waals surface area contributed by atoms with Crippen LogP contribution in [-0.2, 0) is 9.84 Å². The van der Waals surface area contributed by atoms with Crippen LogP contribution in [0.4, 0.5) is 0 Å². The molecule has 0 saturated carbocycles. The summed E-state index contributed by atoms with van der Waals surface area (Å²) in [5.74, 6) is 1.49. The molecule has 0 aliphatic rings. The molecule has 0 aliphatic heterocycles. The maximum Gasteiger partial charge on any atom is 0.233 e. The van der Waals surface area contributed by atoms with Crippen LogP contribution in [0.15, 0.2) is 8.68 Å². The summed E-state index contributed by atoms with van der Waals surface area (Å²) in [5, 5.41) is 7.43. The average molecular weight is 252 g/mol. The second kappa shape index (κ2) is 4.59. The Morgan fingerprint density at radius 2 is 2.07 bits per heavy atom. The third-order valence-corrected chi connectivity index (χ3v) is 5.40. The highest BCUT2D eigenvalue weighted by Crippen LogP contribution is 2.26. The summed E-state index contributed by atoms with van der Waals surface area (Å²) in [6, 6.07) is 0. The van der Waals surface area contributed by atoms with Crippen molar-refractivity contribution in [2.45, 2.75) is 22.5 Å². The molecule has 0 aromatic carbocycles. The first-order valence-electron chi connectivity index (χ1n) is 4.06. The van der Waals surface area contributed by atoms with E-state index in [-0.39, 0.29) is 4.34 Å². The maximum absolute atomic E-state index is 11.1. The molecule has 1 heterocycles. The van der Waals surface area contributed by atoms with Gasteiger partial charge in [0.15, 0.2) is 4.34 Å². The smallest absolute Gasteiger partial charge is 0.221 e. The molecule has 7 heteroatoms. The molecule has 0 unspecified atom stereocenters. The van der Waals surface area contributed by atoms with Crippen molar-refractivity contribution in [2.24, 2.45) is 5.92 Å². The number of hydrogen-bond donors (Lipinski definition) is 0. The fourth-order valence-corrected chi connectivity index (χ4v) is 3.40. The summed E-state index contributed by atoms with van der Waals surface area (Å²) in [4.78, 5) is 0. The minimum Gasteiger partial charge on any atom is -0.221 e. The van der Waals surface area contributed by atoms with Crippen molar-refractivity contribution in [1.29, 1.82) is 0 Å². The molecule has 0 atom stereocenters. The van der Waals surface area contributed by atoms with Crippen LogP contribution in [0.1, 0.15) is 13.8 Å². The van der Waals surface area contributed by atoms with Crippen LogP contribution in [0, 0.1) is 5.92 Å². The van der Waals surface area contributed by atoms with Crippen molar-refractivity contribution in [1.82, 2.24) is 10.2 Å². The van der Waals surface area contributed by atoms with Gasteiger partial charge in [-0.3, -0.25) is 0 Å². The van der Waals surface area contributed by atoms with E-state index < -0.39 is 9.84 Å². The van der Waals surface area contributed by atoms with E-state index in [0.717, 1.165) is 27.7 Å². The fraction of sp³-hybridized carbons (Fsp3) is 0.714. The van der Waals surface area contributed by atoms with Gasteiger partial charge in [0.1, 0.15) is 0 Å². The number of thioether (sulfide) groups is 1. The normalized spacial score (nSPS) is 12.3. The van der Waals surface area contributed by atoms with Gasteiger partial charge in [0.05, 0.1) is 0 Å². The number of nitrogens with zero attached hydrogens (tertiary/aromatic N) is 2. The Morgan fingerprint density at radius 3 is 2.50 bits per heavy atom. The monoisotopic (exact) mass is 252 g/mol. The predicted molar refractivity (Wildman–Crippen MR) is 58.6 cm³/mol. The van der Waals surface area contributed by atoms with Crippen LogP contribution in [0.3, 0.4) is 0 Å². The Bertz CT molecular complexity index is 397. The molecule has 0 fully saturated rings. The molecule has 0 N–H and O–H groups in total. The zero-order chi connectivity index (χ0) is 10.8. The van der Waals surface area contributed by atoms with Crippen LogP contribution < -0.4 is 0 Å². The SMILES string of the molecule is CC(C)CSc1nnc(S(C)(=O)=O)s1. The maximum atomic E-state index is 11.1. The molecule has 0 aliphatic carbocycles. The summed E-state index contributed by atoms with van der Waals surface area (Å²) in [5.41, 5.74) is 0. The van der Waals surface area contributed by atoms with Crippen LogP contribution in [0.2, 0.25) is 0 Å². The van der Waals surface area contributed by atoms with E-state index in [1.807, 2.05) is 0 Å². The molecule has 1 aromatic heterocycles. The van der Waals surface area contributed by atoms with Crippen molar-refractivity contribution in [3.63, 3.8) is 0 Å². The Kier molecular flexibility index (Phi) is 3.91. The summed E-state index contributed by atoms with van der Waals surface area (Å²) < 4.78 is 23.0. The second-order valence-electron chi connectivity index (χ2n) is 3.31. The molecule has 0 amide bonds. The van der Waals surface area contributed by atoms with Gasteiger partial charge in [-0.15, -0.1) is 10.2 Å². The topological polar surface area (TPSA) is 59.9 Å². The largest absolute Gasteiger partial charge is 0.233 e. The van der Waals surface area contributed by atoms with Gasteiger partial charge in [0.2, 0.25) is 14.2 Å². The molecule has 80 valence electrons. The number of aromatic nitrogens is 2. The first kappa shape index (κ1) is 11.9. The van der Waals surface area contributed by atoms with Crippen molar-refractivity contribution in [2.75, 3.05) is 12.0 Å². The quantitative estimate of drug-likeness (QED) is 0.763. The zero-order valence-electron chi connectivity index (χ0n) is 8.22. The highest BCUT2D eigenvalue weighted by molar-refractivity contribution is 8.01. The Labute approximate surface area is 92.1 Å². The predicted octanol–water partition coefficient (Wildman–Crippen LogP) is 1.69. The van der Waals surface area contributed by atoms with E-state index >= 15 is 0 Å². The third-order valence-electron chi connectivity index (χ3n) is 1.25. The van der Waals surface area contributed by atoms with Crippen LogP contribution in [-0.4, -0.2) is 30.6 Å². The lowest BCUT2D eigenvalue weighted by atomic mass is 10.3. The fourth-order valence-electron chi connectivity index (χ4n) is 0.643. The summed E-state index contributed by atoms with van der Waals surface area (Å²) >= 11 is 2.68. The van der Waals surface area contributed by atoms with Crippen molar-refractivity contribution in [3.8, 4) is 0 Å². The summed E-state index contributed by atoms with van der Waals surface area (Å²) in [6.45, 7) is 4.21. The Hall–Kier alpha value is -0.140. The minimum absolute atomic E-state index is 0.101. The first-order chi connectivity index (χ1) is 6.39. The van der Waals surface area contributed by atoms with Gasteiger partial charge in [0.25, 0.3) is 0 Å². The minimum atomic E-state index is -3.19. The number of hydrogen-bond acceptors (Lipinski definition) is 6. The molecular weight excluding hydrogens is 240 g/mol. The highest BCUT2D eigenvalue weighted by atomic mass is 32.2. The Morgan fingerprint density at radius 1 is 1.43 bits per heavy atom. The number of rotatable bonds is 4. The summed E-state index contributed by atoms with van der Waals surface area (Å²) in [6.07, 6.45) is 1.14. The van der Waals surface area contributed by atoms with Crippen LogP contribution in [0.5, 0.6) is 0 Å². The standard InChI is InChI=1S/C7H12N2O2S3/c1-5(2)4-12-6-8-9-7(13-6)14(3,10)11/h5H,4H2,1-3H3. The lowest BCUT2D eigenvalue weighted by Crippen LogP contribution is -1.95. The highest BCUT2D eigenvalue weighted by Gasteiger charge is 2.14. The van der Waals surface area contributed by atoms with E-state index in [4.69, 9.17) is 0 Å². The van der Waals surface area contributed by atoms with Gasteiger partial charge < -0.3 is 0 Å². The van der Waals surface area contributed by atoms with E-state index in [1.165, 1.54) is 0 Å². The van der Waals surface area contributed by atoms with E-state index in [0.29, 0.717) is 5.92 Å². The van der Waals surface area contributed by atoms with Crippen molar-refractivity contribution in [3.05, 3.63) is 0 Å². The molecule has 0 radical (unpaired) electrons. The van der Waals surface area contributed by atoms with Gasteiger partial charge >= 0.3 is 0 Å². The van der Waals surface area contributed by atoms with Gasteiger partial charge in [-0.1, -0.05) is 36.9 Å². The van der Waals surface area contributed by atoms with Crippen LogP contribution in [0.25, 0.3) is 0 Å². The molecule has 1 aromatic rings. The Balaban J connectivity index is 2.70. The molecule has 4 nitrogen and oxygen atoms in total. The van der Waals surface area contributed by atoms with Gasteiger partial charge in [-0.05, 0) is 5.92 Å². The van der Waals surface area contributed by atoms with Crippen molar-refractivity contribution < 1.29 is 8.42 Å².